The van der Waals surface area contributed by atoms with Gasteiger partial charge in [0.1, 0.15) is 23.1 Å². The van der Waals surface area contributed by atoms with Crippen molar-refractivity contribution in [2.45, 2.75) is 11.4 Å². The van der Waals surface area contributed by atoms with E-state index in [0.29, 0.717) is 16.6 Å². The third kappa shape index (κ3) is 2.39. The molecule has 2 heterocycles. The number of hydrogen-bond acceptors (Lipinski definition) is 3. The van der Waals surface area contributed by atoms with Gasteiger partial charge in [-0.2, -0.15) is 0 Å². The molecule has 0 radical (unpaired) electrons. The van der Waals surface area contributed by atoms with Gasteiger partial charge in [-0.15, -0.1) is 11.8 Å². The lowest BCUT2D eigenvalue weighted by atomic mass is 10.2. The molecular formula is C17H12F2N2OS2. The zero-order valence-electron chi connectivity index (χ0n) is 12.4. The van der Waals surface area contributed by atoms with Crippen molar-refractivity contribution in [2.75, 3.05) is 10.7 Å². The molecule has 0 saturated carbocycles. The van der Waals surface area contributed by atoms with Gasteiger partial charge < -0.3 is 4.90 Å². The van der Waals surface area contributed by atoms with Crippen molar-refractivity contribution in [1.82, 2.24) is 4.90 Å². The summed E-state index contributed by atoms with van der Waals surface area (Å²) in [7, 11) is 0. The van der Waals surface area contributed by atoms with Gasteiger partial charge in [0.05, 0.1) is 5.69 Å². The topological polar surface area (TPSA) is 23.6 Å². The van der Waals surface area contributed by atoms with Gasteiger partial charge in [0.2, 0.25) is 0 Å². The van der Waals surface area contributed by atoms with Crippen LogP contribution < -0.4 is 4.90 Å². The summed E-state index contributed by atoms with van der Waals surface area (Å²) in [6, 6.07) is 11.6. The number of hydrogen-bond donors (Lipinski definition) is 0. The average molecular weight is 362 g/mol. The number of fused-ring (bicyclic) bond motifs is 1. The fraction of sp³-hybridized carbons (Fsp3) is 0.176. The predicted octanol–water partition coefficient (Wildman–Crippen LogP) is 3.71. The molecule has 0 aromatic heterocycles. The van der Waals surface area contributed by atoms with Gasteiger partial charge >= 0.3 is 0 Å². The lowest BCUT2D eigenvalue weighted by molar-refractivity contribution is -0.119. The molecule has 2 aliphatic rings. The van der Waals surface area contributed by atoms with E-state index in [4.69, 9.17) is 12.2 Å². The minimum absolute atomic E-state index is 0.108. The highest BCUT2D eigenvalue weighted by molar-refractivity contribution is 7.99. The Labute approximate surface area is 147 Å². The minimum atomic E-state index is -0.364. The maximum Gasteiger partial charge on any atom is 0.257 e. The third-order valence-corrected chi connectivity index (χ3v) is 5.87. The molecule has 1 amide bonds. The van der Waals surface area contributed by atoms with Crippen molar-refractivity contribution >= 4 is 40.7 Å². The van der Waals surface area contributed by atoms with Gasteiger partial charge in [-0.05, 0) is 54.2 Å². The molecule has 0 unspecified atom stereocenters. The van der Waals surface area contributed by atoms with Crippen LogP contribution in [0, 0.1) is 11.6 Å². The summed E-state index contributed by atoms with van der Waals surface area (Å²) in [5, 5.41) is 0.272. The van der Waals surface area contributed by atoms with Crippen molar-refractivity contribution in [1.29, 1.82) is 0 Å². The largest absolute Gasteiger partial charge is 0.319 e. The molecule has 2 atom stereocenters. The fourth-order valence-electron chi connectivity index (χ4n) is 3.00. The minimum Gasteiger partial charge on any atom is -0.319 e. The van der Waals surface area contributed by atoms with E-state index < -0.39 is 0 Å². The Hall–Kier alpha value is -1.99. The summed E-state index contributed by atoms with van der Waals surface area (Å²) in [6.45, 7) is 0. The first kappa shape index (κ1) is 15.5. The monoisotopic (exact) mass is 362 g/mol. The molecule has 24 heavy (non-hydrogen) atoms. The van der Waals surface area contributed by atoms with Crippen LogP contribution in [0.15, 0.2) is 48.5 Å². The first-order valence-corrected chi connectivity index (χ1v) is 8.81. The van der Waals surface area contributed by atoms with Crippen molar-refractivity contribution in [2.24, 2.45) is 0 Å². The molecule has 0 spiro atoms. The summed E-state index contributed by atoms with van der Waals surface area (Å²) in [5.74, 6) is -0.162. The highest BCUT2D eigenvalue weighted by atomic mass is 32.2. The molecule has 0 aliphatic carbocycles. The molecule has 2 fully saturated rings. The van der Waals surface area contributed by atoms with Crippen LogP contribution in [0.2, 0.25) is 0 Å². The number of thiocarbonyl (C=S) groups is 1. The quantitative estimate of drug-likeness (QED) is 0.760. The molecule has 2 aromatic rings. The first-order valence-electron chi connectivity index (χ1n) is 7.35. The van der Waals surface area contributed by atoms with Crippen molar-refractivity contribution in [3.8, 4) is 0 Å². The van der Waals surface area contributed by atoms with Crippen molar-refractivity contribution in [3.05, 3.63) is 65.7 Å². The molecule has 2 saturated heterocycles. The zero-order chi connectivity index (χ0) is 16.8. The number of carbonyl (C=O) groups excluding carboxylic acids is 1. The molecule has 7 heteroatoms. The SMILES string of the molecule is O=C1[C@@H]2CS[C@H](c3ccc(F)cc3)N2C(=S)N1c1ccc(F)cc1. The van der Waals surface area contributed by atoms with E-state index in [1.54, 1.807) is 36.0 Å². The van der Waals surface area contributed by atoms with Crippen LogP contribution in [0.25, 0.3) is 0 Å². The van der Waals surface area contributed by atoms with Crippen LogP contribution in [0.5, 0.6) is 0 Å². The number of anilines is 1. The van der Waals surface area contributed by atoms with Crippen molar-refractivity contribution < 1.29 is 13.6 Å². The van der Waals surface area contributed by atoms with E-state index >= 15 is 0 Å². The van der Waals surface area contributed by atoms with E-state index in [0.717, 1.165) is 5.56 Å². The molecule has 122 valence electrons. The Bertz CT molecular complexity index is 810. The van der Waals surface area contributed by atoms with Crippen LogP contribution in [-0.2, 0) is 4.79 Å². The number of halogens is 2. The summed E-state index contributed by atoms with van der Waals surface area (Å²) < 4.78 is 26.3. The number of thioether (sulfide) groups is 1. The first-order chi connectivity index (χ1) is 11.6. The van der Waals surface area contributed by atoms with E-state index in [1.165, 1.54) is 29.2 Å². The molecule has 4 rings (SSSR count). The molecule has 2 aromatic carbocycles. The van der Waals surface area contributed by atoms with Crippen LogP contribution in [0.3, 0.4) is 0 Å². The van der Waals surface area contributed by atoms with Gasteiger partial charge in [0.15, 0.2) is 5.11 Å². The smallest absolute Gasteiger partial charge is 0.257 e. The van der Waals surface area contributed by atoms with E-state index in [2.05, 4.69) is 0 Å². The van der Waals surface area contributed by atoms with Crippen LogP contribution in [0.1, 0.15) is 10.9 Å². The summed E-state index contributed by atoms with van der Waals surface area (Å²) in [5.41, 5.74) is 1.46. The highest BCUT2D eigenvalue weighted by Gasteiger charge is 2.50. The normalized spacial score (nSPS) is 23.1. The molecular weight excluding hydrogens is 350 g/mol. The second-order valence-corrected chi connectivity index (χ2v) is 7.07. The Morgan fingerprint density at radius 2 is 1.58 bits per heavy atom. The highest BCUT2D eigenvalue weighted by Crippen LogP contribution is 2.46. The van der Waals surface area contributed by atoms with Gasteiger partial charge in [-0.25, -0.2) is 8.78 Å². The van der Waals surface area contributed by atoms with Gasteiger partial charge in [-0.1, -0.05) is 12.1 Å². The van der Waals surface area contributed by atoms with Gasteiger partial charge in [0.25, 0.3) is 5.91 Å². The van der Waals surface area contributed by atoms with Crippen LogP contribution >= 0.6 is 24.0 Å². The fourth-order valence-corrected chi connectivity index (χ4v) is 4.92. The zero-order valence-corrected chi connectivity index (χ0v) is 14.0. The van der Waals surface area contributed by atoms with E-state index in [-0.39, 0.29) is 29.0 Å². The summed E-state index contributed by atoms with van der Waals surface area (Å²) >= 11 is 7.13. The second-order valence-electron chi connectivity index (χ2n) is 5.59. The molecule has 2 aliphatic heterocycles. The van der Waals surface area contributed by atoms with Gasteiger partial charge in [-0.3, -0.25) is 9.69 Å². The Morgan fingerprint density at radius 3 is 2.21 bits per heavy atom. The Balaban J connectivity index is 1.67. The lowest BCUT2D eigenvalue weighted by Gasteiger charge is -2.25. The maximum atomic E-state index is 13.2. The van der Waals surface area contributed by atoms with Crippen molar-refractivity contribution in [3.63, 3.8) is 0 Å². The maximum absolute atomic E-state index is 13.2. The Kier molecular flexibility index (Phi) is 3.77. The van der Waals surface area contributed by atoms with E-state index in [9.17, 15) is 13.6 Å². The standard InChI is InChI=1S/C17H12F2N2OS2/c18-11-3-1-10(2-4-11)16-21-14(9-24-16)15(22)20(17(21)23)13-7-5-12(19)6-8-13/h1-8,14,16H,9H2/t14-,16+/m0/s1. The number of rotatable bonds is 2. The molecule has 3 nitrogen and oxygen atoms in total. The second kappa shape index (κ2) is 5.82. The average Bonchev–Trinajstić information content (AvgIpc) is 3.11. The number of nitrogens with zero attached hydrogens (tertiary/aromatic N) is 2. The number of carbonyl (C=O) groups is 1. The summed E-state index contributed by atoms with van der Waals surface area (Å²) in [6.07, 6.45) is 0. The number of amides is 1. The predicted molar refractivity (Wildman–Crippen MR) is 93.7 cm³/mol. The molecule has 0 N–H and O–H groups in total. The van der Waals surface area contributed by atoms with Crippen LogP contribution in [0.4, 0.5) is 14.5 Å². The molecule has 0 bridgehead atoms. The third-order valence-electron chi connectivity index (χ3n) is 4.16. The van der Waals surface area contributed by atoms with Gasteiger partial charge in [0, 0.05) is 5.75 Å². The van der Waals surface area contributed by atoms with Crippen LogP contribution in [-0.4, -0.2) is 27.7 Å². The number of benzene rings is 2. The Morgan fingerprint density at radius 1 is 1.00 bits per heavy atom. The van der Waals surface area contributed by atoms with E-state index in [1.807, 2.05) is 4.90 Å². The lowest BCUT2D eigenvalue weighted by Crippen LogP contribution is -2.33. The summed E-state index contributed by atoms with van der Waals surface area (Å²) in [4.78, 5) is 16.1.